The van der Waals surface area contributed by atoms with E-state index in [1.807, 2.05) is 36.5 Å². The molecule has 4 aromatic carbocycles. The van der Waals surface area contributed by atoms with E-state index in [4.69, 9.17) is 9.40 Å². The van der Waals surface area contributed by atoms with Crippen molar-refractivity contribution in [1.82, 2.24) is 9.97 Å². The molecule has 3 aromatic heterocycles. The van der Waals surface area contributed by atoms with Gasteiger partial charge >= 0.3 is 0 Å². The van der Waals surface area contributed by atoms with E-state index in [0.717, 1.165) is 68.6 Å². The van der Waals surface area contributed by atoms with Crippen molar-refractivity contribution in [3.8, 4) is 33.6 Å². The van der Waals surface area contributed by atoms with Crippen LogP contribution in [0.1, 0.15) is 57.1 Å². The minimum Gasteiger partial charge on any atom is -0.501 e. The molecule has 10 rings (SSSR count). The van der Waals surface area contributed by atoms with Crippen molar-refractivity contribution in [2.45, 2.75) is 78.4 Å². The molecule has 0 saturated heterocycles. The number of rotatable bonds is 8. The summed E-state index contributed by atoms with van der Waals surface area (Å²) in [5, 5.41) is 3.75. The summed E-state index contributed by atoms with van der Waals surface area (Å²) >= 11 is 0. The van der Waals surface area contributed by atoms with Crippen molar-refractivity contribution in [2.24, 2.45) is 23.7 Å². The van der Waals surface area contributed by atoms with E-state index in [1.54, 1.807) is 0 Å². The number of furan rings is 1. The Hall–Kier alpha value is -4.15. The van der Waals surface area contributed by atoms with Gasteiger partial charge in [0.15, 0.2) is 0 Å². The molecule has 1 unspecified atom stereocenters. The van der Waals surface area contributed by atoms with Gasteiger partial charge in [-0.25, -0.2) is 0 Å². The second kappa shape index (κ2) is 16.9. The number of benzene rings is 4. The van der Waals surface area contributed by atoms with Crippen molar-refractivity contribution < 1.29 is 24.5 Å². The Morgan fingerprint density at radius 1 is 0.764 bits per heavy atom. The Labute approximate surface area is 342 Å². The zero-order valence-corrected chi connectivity index (χ0v) is 36.3. The van der Waals surface area contributed by atoms with Crippen molar-refractivity contribution in [2.75, 3.05) is 0 Å². The molecule has 55 heavy (non-hydrogen) atoms. The second-order valence-corrected chi connectivity index (χ2v) is 22.2. The molecule has 0 amide bonds. The van der Waals surface area contributed by atoms with Crippen LogP contribution < -0.4 is 5.19 Å². The minimum absolute atomic E-state index is 0. The molecule has 283 valence electrons. The molecule has 0 spiro atoms. The fourth-order valence-electron chi connectivity index (χ4n) is 9.03. The normalized spacial score (nSPS) is 17.9. The Bertz CT molecular complexity index is 2350. The molecule has 3 saturated carbocycles. The molecule has 3 nitrogen and oxygen atoms in total. The molecule has 5 heteroatoms. The summed E-state index contributed by atoms with van der Waals surface area (Å²) in [4.78, 5) is 9.43. The number of pyridine rings is 2. The van der Waals surface area contributed by atoms with Gasteiger partial charge in [0, 0.05) is 37.9 Å². The van der Waals surface area contributed by atoms with Crippen LogP contribution in [-0.2, 0) is 32.9 Å². The average molecular weight is 917 g/mol. The van der Waals surface area contributed by atoms with Crippen LogP contribution in [0.25, 0.3) is 55.6 Å². The molecular weight excluding hydrogens is 865 g/mol. The number of aromatic nitrogens is 2. The molecule has 2 bridgehead atoms. The summed E-state index contributed by atoms with van der Waals surface area (Å²) in [6.07, 6.45) is 13.6. The quantitative estimate of drug-likeness (QED) is 0.113. The number of nitrogens with zero attached hydrogens (tertiary/aromatic N) is 2. The standard InChI is InChI=1S/C32H28NO.C18H24NSi.Ir/c1-2-5-23(6-3-1)25-13-14-27-28-7-4-8-29(32(28)34-31(27)20-25)30-19-22(15-16-33-30)18-26-17-21-9-11-24(26)12-10-21;1-14(2)11-16-12-17(15-9-7-6-8-10-15)19-13-18(16)20(3,4)5;/h1-7,13-16,19-21,24,26H,9-12,17-18H2;6-9,12-14H,11H2,1-5H3;/q2*-1;. The van der Waals surface area contributed by atoms with Gasteiger partial charge in [-0.15, -0.1) is 54.1 Å². The van der Waals surface area contributed by atoms with Crippen LogP contribution in [0.2, 0.25) is 19.6 Å². The van der Waals surface area contributed by atoms with Crippen LogP contribution in [0.15, 0.2) is 120 Å². The van der Waals surface area contributed by atoms with Gasteiger partial charge in [-0.05, 0) is 95.6 Å². The molecule has 7 aromatic rings. The third-order valence-corrected chi connectivity index (χ3v) is 13.8. The van der Waals surface area contributed by atoms with Gasteiger partial charge < -0.3 is 14.4 Å². The smallest absolute Gasteiger partial charge is 0.121 e. The van der Waals surface area contributed by atoms with Crippen molar-refractivity contribution >= 4 is 35.2 Å². The maximum atomic E-state index is 6.46. The molecule has 3 aliphatic rings. The van der Waals surface area contributed by atoms with Crippen LogP contribution >= 0.6 is 0 Å². The van der Waals surface area contributed by atoms with Crippen LogP contribution in [0.3, 0.4) is 0 Å². The van der Waals surface area contributed by atoms with E-state index in [1.165, 1.54) is 66.0 Å². The van der Waals surface area contributed by atoms with Crippen molar-refractivity contribution in [3.05, 3.63) is 139 Å². The van der Waals surface area contributed by atoms with E-state index in [2.05, 4.69) is 130 Å². The zero-order valence-electron chi connectivity index (χ0n) is 32.9. The van der Waals surface area contributed by atoms with Gasteiger partial charge in [0.25, 0.3) is 0 Å². The van der Waals surface area contributed by atoms with E-state index in [0.29, 0.717) is 5.92 Å². The Kier molecular flexibility index (Phi) is 12.0. The fraction of sp³-hybridized carbons (Fsp3) is 0.320. The first-order chi connectivity index (χ1) is 26.2. The Morgan fingerprint density at radius 2 is 1.56 bits per heavy atom. The first-order valence-corrected chi connectivity index (χ1v) is 23.5. The predicted octanol–water partition coefficient (Wildman–Crippen LogP) is 12.8. The topological polar surface area (TPSA) is 38.9 Å². The average Bonchev–Trinajstić information content (AvgIpc) is 3.57. The van der Waals surface area contributed by atoms with Crippen molar-refractivity contribution in [1.29, 1.82) is 0 Å². The summed E-state index contributed by atoms with van der Waals surface area (Å²) in [5.74, 6) is 3.39. The van der Waals surface area contributed by atoms with Gasteiger partial charge in [0.1, 0.15) is 5.58 Å². The van der Waals surface area contributed by atoms with Gasteiger partial charge in [0.05, 0.1) is 13.7 Å². The third kappa shape index (κ3) is 8.80. The number of hydrogen-bond acceptors (Lipinski definition) is 3. The van der Waals surface area contributed by atoms with E-state index in [9.17, 15) is 0 Å². The van der Waals surface area contributed by atoms with Crippen LogP contribution in [0, 0.1) is 35.8 Å². The van der Waals surface area contributed by atoms with Gasteiger partial charge in [-0.1, -0.05) is 123 Å². The largest absolute Gasteiger partial charge is 0.501 e. The third-order valence-electron chi connectivity index (χ3n) is 11.7. The molecule has 1 atom stereocenters. The number of fused-ring (bicyclic) bond motifs is 6. The Morgan fingerprint density at radius 3 is 2.27 bits per heavy atom. The van der Waals surface area contributed by atoms with Crippen molar-refractivity contribution in [3.63, 3.8) is 0 Å². The van der Waals surface area contributed by atoms with Crippen LogP contribution in [-0.4, -0.2) is 18.0 Å². The van der Waals surface area contributed by atoms with Crippen LogP contribution in [0.5, 0.6) is 0 Å². The predicted molar refractivity (Wildman–Crippen MR) is 229 cm³/mol. The number of hydrogen-bond donors (Lipinski definition) is 0. The second-order valence-electron chi connectivity index (χ2n) is 17.2. The first-order valence-electron chi connectivity index (χ1n) is 20.0. The summed E-state index contributed by atoms with van der Waals surface area (Å²) in [7, 11) is -1.34. The van der Waals surface area contributed by atoms with Gasteiger partial charge in [0.2, 0.25) is 0 Å². The van der Waals surface area contributed by atoms with E-state index >= 15 is 0 Å². The molecule has 1 radical (unpaired) electrons. The summed E-state index contributed by atoms with van der Waals surface area (Å²) in [5.41, 5.74) is 11.1. The SMILES string of the molecule is CC(C)Cc1cc(-c2[c-]cccc2)ncc1[Si](C)(C)C.[Ir].[c-]1ccc2c(oc3cc(-c4ccccc4)ccc32)c1-c1cc(CC2CC3CCC2CC3)ccn1. The molecule has 3 aliphatic carbocycles. The summed E-state index contributed by atoms with van der Waals surface area (Å²) < 4.78 is 6.46. The van der Waals surface area contributed by atoms with Crippen LogP contribution in [0.4, 0.5) is 0 Å². The molecule has 3 heterocycles. The maximum absolute atomic E-state index is 6.46. The zero-order chi connectivity index (χ0) is 37.2. The maximum Gasteiger partial charge on any atom is 0.121 e. The molecule has 0 N–H and O–H groups in total. The van der Waals surface area contributed by atoms with Gasteiger partial charge in [-0.3, -0.25) is 0 Å². The first kappa shape index (κ1) is 39.1. The molecule has 3 fully saturated rings. The Balaban J connectivity index is 0.000000191. The molecular formula is C50H52IrN2OSi-2. The minimum atomic E-state index is -1.34. The summed E-state index contributed by atoms with van der Waals surface area (Å²) in [6.45, 7) is 11.7. The fourth-order valence-corrected chi connectivity index (χ4v) is 10.6. The monoisotopic (exact) mass is 917 g/mol. The summed E-state index contributed by atoms with van der Waals surface area (Å²) in [6, 6.07) is 42.6. The van der Waals surface area contributed by atoms with Gasteiger partial charge in [-0.2, -0.15) is 0 Å². The molecule has 0 aliphatic heterocycles. The van der Waals surface area contributed by atoms with E-state index < -0.39 is 8.07 Å². The van der Waals surface area contributed by atoms with E-state index in [-0.39, 0.29) is 20.1 Å².